The number of hydrogen-bond donors (Lipinski definition) is 2. The first kappa shape index (κ1) is 19.9. The molecule has 0 radical (unpaired) electrons. The highest BCUT2D eigenvalue weighted by atomic mass is 32.1. The summed E-state index contributed by atoms with van der Waals surface area (Å²) >= 11 is 1.65. The average Bonchev–Trinajstić information content (AvgIpc) is 3.34. The van der Waals surface area contributed by atoms with Gasteiger partial charge in [-0.15, -0.1) is 11.3 Å². The van der Waals surface area contributed by atoms with Crippen LogP contribution in [-0.4, -0.2) is 36.7 Å². The number of halogens is 1. The summed E-state index contributed by atoms with van der Waals surface area (Å²) in [7, 11) is 0. The van der Waals surface area contributed by atoms with E-state index in [1.807, 2.05) is 52.4 Å². The molecule has 0 saturated heterocycles. The summed E-state index contributed by atoms with van der Waals surface area (Å²) < 4.78 is 15.4. The van der Waals surface area contributed by atoms with Crippen molar-refractivity contribution in [1.82, 2.24) is 14.5 Å². The third-order valence-corrected chi connectivity index (χ3v) is 4.48. The predicted octanol–water partition coefficient (Wildman–Crippen LogP) is 3.95. The zero-order valence-electron chi connectivity index (χ0n) is 14.8. The monoisotopic (exact) mass is 411 g/mol. The van der Waals surface area contributed by atoms with E-state index < -0.39 is 11.9 Å². The van der Waals surface area contributed by atoms with Crippen molar-refractivity contribution in [3.05, 3.63) is 76.6 Å². The van der Waals surface area contributed by atoms with Crippen molar-refractivity contribution in [1.29, 1.82) is 0 Å². The number of pyridine rings is 1. The third-order valence-electron chi connectivity index (χ3n) is 3.64. The largest absolute Gasteiger partial charge is 0.473 e. The number of hydrogen-bond acceptors (Lipinski definition) is 5. The van der Waals surface area contributed by atoms with Crippen LogP contribution in [0.5, 0.6) is 0 Å². The smallest absolute Gasteiger partial charge is 0.414 e. The van der Waals surface area contributed by atoms with Crippen molar-refractivity contribution in [2.75, 3.05) is 0 Å². The molecule has 9 heteroatoms. The molecule has 0 spiro atoms. The molecular weight excluding hydrogens is 397 g/mol. The first-order valence-electron chi connectivity index (χ1n) is 8.23. The molecule has 7 nitrogen and oxygen atoms in total. The highest BCUT2D eigenvalue weighted by Gasteiger charge is 2.12. The lowest BCUT2D eigenvalue weighted by Gasteiger charge is -2.05. The SMILES string of the molecule is Fc1ccc2c(c1)nc(C=Cc1cccs1)n2-c1ccccn1.O=C(O)C(=O)O. The van der Waals surface area contributed by atoms with Gasteiger partial charge in [-0.2, -0.15) is 0 Å². The summed E-state index contributed by atoms with van der Waals surface area (Å²) in [5.41, 5.74) is 1.44. The molecule has 1 aromatic carbocycles. The zero-order chi connectivity index (χ0) is 20.8. The number of carbonyl (C=O) groups is 2. The van der Waals surface area contributed by atoms with Gasteiger partial charge in [-0.3, -0.25) is 4.57 Å². The minimum Gasteiger partial charge on any atom is -0.473 e. The first-order chi connectivity index (χ1) is 14.0. The number of benzene rings is 1. The van der Waals surface area contributed by atoms with E-state index in [9.17, 15) is 4.39 Å². The third kappa shape index (κ3) is 4.90. The molecule has 0 aliphatic heterocycles. The molecule has 3 heterocycles. The number of rotatable bonds is 3. The second kappa shape index (κ2) is 8.89. The lowest BCUT2D eigenvalue weighted by atomic mass is 10.3. The van der Waals surface area contributed by atoms with E-state index in [0.717, 1.165) is 22.0 Å². The summed E-state index contributed by atoms with van der Waals surface area (Å²) in [4.78, 5) is 28.3. The normalized spacial score (nSPS) is 10.7. The van der Waals surface area contributed by atoms with Crippen molar-refractivity contribution < 1.29 is 24.2 Å². The molecule has 29 heavy (non-hydrogen) atoms. The maximum atomic E-state index is 13.5. The van der Waals surface area contributed by atoms with E-state index in [1.54, 1.807) is 23.6 Å². The minimum absolute atomic E-state index is 0.294. The van der Waals surface area contributed by atoms with Crippen LogP contribution in [-0.2, 0) is 9.59 Å². The first-order valence-corrected chi connectivity index (χ1v) is 9.11. The quantitative estimate of drug-likeness (QED) is 0.495. The molecule has 146 valence electrons. The van der Waals surface area contributed by atoms with Gasteiger partial charge in [-0.05, 0) is 47.9 Å². The van der Waals surface area contributed by atoms with Gasteiger partial charge in [0.2, 0.25) is 0 Å². The lowest BCUT2D eigenvalue weighted by Crippen LogP contribution is -2.09. The average molecular weight is 411 g/mol. The van der Waals surface area contributed by atoms with Crippen LogP contribution < -0.4 is 0 Å². The van der Waals surface area contributed by atoms with Crippen LogP contribution in [0.3, 0.4) is 0 Å². The van der Waals surface area contributed by atoms with E-state index in [2.05, 4.69) is 9.97 Å². The summed E-state index contributed by atoms with van der Waals surface area (Å²) in [5, 5.41) is 16.8. The van der Waals surface area contributed by atoms with E-state index in [0.29, 0.717) is 5.52 Å². The summed E-state index contributed by atoms with van der Waals surface area (Å²) in [6.45, 7) is 0. The number of carboxylic acids is 2. The molecule has 0 aliphatic rings. The molecule has 0 saturated carbocycles. The fraction of sp³-hybridized carbons (Fsp3) is 0. The summed E-state index contributed by atoms with van der Waals surface area (Å²) in [5.74, 6) is -2.47. The van der Waals surface area contributed by atoms with Gasteiger partial charge in [-0.1, -0.05) is 12.1 Å². The Morgan fingerprint density at radius 2 is 1.83 bits per heavy atom. The van der Waals surface area contributed by atoms with Crippen molar-refractivity contribution in [3.8, 4) is 5.82 Å². The molecule has 4 rings (SSSR count). The van der Waals surface area contributed by atoms with Gasteiger partial charge in [0.15, 0.2) is 0 Å². The van der Waals surface area contributed by atoms with Gasteiger partial charge in [-0.25, -0.2) is 23.9 Å². The number of fused-ring (bicyclic) bond motifs is 1. The van der Waals surface area contributed by atoms with Crippen LogP contribution >= 0.6 is 11.3 Å². The Bertz CT molecular complexity index is 1160. The predicted molar refractivity (Wildman–Crippen MR) is 107 cm³/mol. The number of imidazole rings is 1. The topological polar surface area (TPSA) is 105 Å². The standard InChI is InChI=1S/C18H12FN3S.C2H2O4/c19-13-6-8-16-15(12-13)21-18(9-7-14-4-3-11-23-14)22(16)17-5-1-2-10-20-17;3-1(4)2(5)6/h1-12H;(H,3,4)(H,5,6). The second-order valence-corrected chi connectivity index (χ2v) is 6.56. The molecule has 0 amide bonds. The van der Waals surface area contributed by atoms with Crippen LogP contribution in [0.2, 0.25) is 0 Å². The summed E-state index contributed by atoms with van der Waals surface area (Å²) in [6, 6.07) is 14.3. The molecule has 0 aliphatic carbocycles. The van der Waals surface area contributed by atoms with Gasteiger partial charge in [0, 0.05) is 17.1 Å². The van der Waals surface area contributed by atoms with Crippen molar-refractivity contribution in [3.63, 3.8) is 0 Å². The Balaban J connectivity index is 0.000000353. The summed E-state index contributed by atoms with van der Waals surface area (Å²) in [6.07, 6.45) is 5.66. The van der Waals surface area contributed by atoms with Crippen LogP contribution in [0.25, 0.3) is 29.0 Å². The van der Waals surface area contributed by atoms with Gasteiger partial charge in [0.25, 0.3) is 0 Å². The Labute approximate surface area is 168 Å². The van der Waals surface area contributed by atoms with Crippen molar-refractivity contribution in [2.45, 2.75) is 0 Å². The lowest BCUT2D eigenvalue weighted by molar-refractivity contribution is -0.159. The Kier molecular flexibility index (Phi) is 6.10. The fourth-order valence-electron chi connectivity index (χ4n) is 2.45. The van der Waals surface area contributed by atoms with Crippen LogP contribution in [0.1, 0.15) is 10.7 Å². The molecule has 2 N–H and O–H groups in total. The molecule has 0 bridgehead atoms. The highest BCUT2D eigenvalue weighted by molar-refractivity contribution is 7.10. The Morgan fingerprint density at radius 3 is 2.45 bits per heavy atom. The van der Waals surface area contributed by atoms with E-state index in [-0.39, 0.29) is 5.82 Å². The minimum atomic E-state index is -1.82. The van der Waals surface area contributed by atoms with Gasteiger partial charge >= 0.3 is 11.9 Å². The van der Waals surface area contributed by atoms with E-state index in [4.69, 9.17) is 19.8 Å². The molecule has 4 aromatic rings. The van der Waals surface area contributed by atoms with Crippen molar-refractivity contribution in [2.24, 2.45) is 0 Å². The van der Waals surface area contributed by atoms with Crippen LogP contribution in [0, 0.1) is 5.82 Å². The number of nitrogens with zero attached hydrogens (tertiary/aromatic N) is 3. The van der Waals surface area contributed by atoms with E-state index >= 15 is 0 Å². The van der Waals surface area contributed by atoms with Crippen LogP contribution in [0.15, 0.2) is 60.1 Å². The second-order valence-electron chi connectivity index (χ2n) is 5.59. The van der Waals surface area contributed by atoms with E-state index in [1.165, 1.54) is 12.1 Å². The number of thiophene rings is 1. The number of aromatic nitrogens is 3. The van der Waals surface area contributed by atoms with Crippen LogP contribution in [0.4, 0.5) is 4.39 Å². The fourth-order valence-corrected chi connectivity index (χ4v) is 3.07. The molecule has 0 atom stereocenters. The van der Waals surface area contributed by atoms with Gasteiger partial charge < -0.3 is 10.2 Å². The number of carboxylic acid groups (broad SMARTS) is 2. The van der Waals surface area contributed by atoms with Gasteiger partial charge in [0.1, 0.15) is 17.5 Å². The molecule has 3 aromatic heterocycles. The Morgan fingerprint density at radius 1 is 1.03 bits per heavy atom. The molecule has 0 unspecified atom stereocenters. The maximum Gasteiger partial charge on any atom is 0.414 e. The van der Waals surface area contributed by atoms with Gasteiger partial charge in [0.05, 0.1) is 11.0 Å². The molecular formula is C20H14FN3O4S. The highest BCUT2D eigenvalue weighted by Crippen LogP contribution is 2.23. The maximum absolute atomic E-state index is 13.5. The number of aliphatic carboxylic acids is 2. The van der Waals surface area contributed by atoms with Crippen molar-refractivity contribution >= 4 is 46.5 Å². The Hall–Kier alpha value is -3.85. The zero-order valence-corrected chi connectivity index (χ0v) is 15.6. The molecule has 0 fully saturated rings.